The summed E-state index contributed by atoms with van der Waals surface area (Å²) < 4.78 is 5.68. The van der Waals surface area contributed by atoms with Gasteiger partial charge in [-0.1, -0.05) is 13.8 Å². The van der Waals surface area contributed by atoms with Crippen LogP contribution in [-0.4, -0.2) is 57.2 Å². The van der Waals surface area contributed by atoms with E-state index in [2.05, 4.69) is 33.7 Å². The van der Waals surface area contributed by atoms with Crippen molar-refractivity contribution in [2.45, 2.75) is 31.7 Å². The normalized spacial score (nSPS) is 22.4. The summed E-state index contributed by atoms with van der Waals surface area (Å²) in [6.07, 6.45) is 3.64. The Kier molecular flexibility index (Phi) is 5.08. The van der Waals surface area contributed by atoms with Crippen LogP contribution in [0.3, 0.4) is 0 Å². The molecule has 126 valence electrons. The molecule has 3 heterocycles. The Morgan fingerprint density at radius 1 is 1.43 bits per heavy atom. The van der Waals surface area contributed by atoms with E-state index in [4.69, 9.17) is 4.74 Å². The van der Waals surface area contributed by atoms with E-state index in [0.717, 1.165) is 36.5 Å². The molecule has 2 unspecified atom stereocenters. The zero-order valence-corrected chi connectivity index (χ0v) is 14.7. The van der Waals surface area contributed by atoms with Crippen molar-refractivity contribution in [2.24, 2.45) is 5.92 Å². The predicted molar refractivity (Wildman–Crippen MR) is 93.9 cm³/mol. The molecule has 2 N–H and O–H groups in total. The van der Waals surface area contributed by atoms with E-state index < -0.39 is 0 Å². The Labute approximate surface area is 140 Å². The lowest BCUT2D eigenvalue weighted by molar-refractivity contribution is 0.0845. The number of aromatic amines is 2. The van der Waals surface area contributed by atoms with Gasteiger partial charge in [-0.25, -0.2) is 4.98 Å². The monoisotopic (exact) mass is 336 g/mol. The third-order valence-corrected chi connectivity index (χ3v) is 5.63. The van der Waals surface area contributed by atoms with E-state index in [0.29, 0.717) is 16.7 Å². The van der Waals surface area contributed by atoms with E-state index in [1.807, 2.05) is 18.0 Å². The predicted octanol–water partition coefficient (Wildman–Crippen LogP) is 1.84. The smallest absolute Gasteiger partial charge is 0.275 e. The number of hydrogen-bond acceptors (Lipinski definition) is 5. The highest BCUT2D eigenvalue weighted by Crippen LogP contribution is 2.27. The van der Waals surface area contributed by atoms with Gasteiger partial charge in [0, 0.05) is 50.2 Å². The molecular formula is C16H24N4O2S. The van der Waals surface area contributed by atoms with Gasteiger partial charge in [-0.2, -0.15) is 11.8 Å². The fraction of sp³-hybridized carbons (Fsp3) is 0.625. The number of nitrogens with one attached hydrogen (secondary N) is 2. The first-order valence-electron chi connectivity index (χ1n) is 7.99. The van der Waals surface area contributed by atoms with Gasteiger partial charge in [0.15, 0.2) is 0 Å². The molecule has 0 amide bonds. The number of H-pyrrole nitrogens is 2. The highest BCUT2D eigenvalue weighted by Gasteiger charge is 2.33. The molecule has 2 aromatic rings. The molecule has 3 rings (SSSR count). The summed E-state index contributed by atoms with van der Waals surface area (Å²) in [5.74, 6) is 1.67. The van der Waals surface area contributed by atoms with Gasteiger partial charge in [0.2, 0.25) is 0 Å². The van der Waals surface area contributed by atoms with Crippen LogP contribution in [0.1, 0.15) is 19.4 Å². The number of fused-ring (bicyclic) bond motifs is 1. The van der Waals surface area contributed by atoms with E-state index in [1.165, 1.54) is 6.33 Å². The average Bonchev–Trinajstić information content (AvgIpc) is 3.11. The second kappa shape index (κ2) is 7.07. The number of aromatic nitrogens is 3. The van der Waals surface area contributed by atoms with Gasteiger partial charge in [0.1, 0.15) is 5.52 Å². The van der Waals surface area contributed by atoms with Crippen LogP contribution >= 0.6 is 11.8 Å². The first-order valence-corrected chi connectivity index (χ1v) is 9.03. The fourth-order valence-electron chi connectivity index (χ4n) is 3.17. The fourth-order valence-corrected chi connectivity index (χ4v) is 4.12. The van der Waals surface area contributed by atoms with Crippen LogP contribution in [0.15, 0.2) is 17.3 Å². The average molecular weight is 336 g/mol. The second-order valence-corrected chi connectivity index (χ2v) is 7.99. The first-order chi connectivity index (χ1) is 11.1. The minimum Gasteiger partial charge on any atom is -0.380 e. The Morgan fingerprint density at radius 2 is 2.26 bits per heavy atom. The number of rotatable bonds is 6. The summed E-state index contributed by atoms with van der Waals surface area (Å²) in [6, 6.07) is 0. The molecule has 0 aliphatic carbocycles. The highest BCUT2D eigenvalue weighted by molar-refractivity contribution is 7.99. The van der Waals surface area contributed by atoms with Crippen molar-refractivity contribution in [3.05, 3.63) is 28.4 Å². The molecule has 2 atom stereocenters. The minimum absolute atomic E-state index is 0.122. The number of nitrogens with zero attached hydrogens (tertiary/aromatic N) is 2. The maximum Gasteiger partial charge on any atom is 0.275 e. The van der Waals surface area contributed by atoms with E-state index in [-0.39, 0.29) is 11.7 Å². The summed E-state index contributed by atoms with van der Waals surface area (Å²) in [5, 5.41) is 0.645. The SMILES string of the molecule is COC1CN(Cc2c[nH]c3c(=O)[nH]cnc23)CC1CSC(C)C. The van der Waals surface area contributed by atoms with Gasteiger partial charge in [0.25, 0.3) is 5.56 Å². The molecule has 0 bridgehead atoms. The van der Waals surface area contributed by atoms with Crippen LogP contribution < -0.4 is 5.56 Å². The molecule has 6 nitrogen and oxygen atoms in total. The van der Waals surface area contributed by atoms with Crippen molar-refractivity contribution in [1.82, 2.24) is 19.9 Å². The lowest BCUT2D eigenvalue weighted by atomic mass is 10.1. The summed E-state index contributed by atoms with van der Waals surface area (Å²) in [4.78, 5) is 24.1. The third kappa shape index (κ3) is 3.62. The number of methoxy groups -OCH3 is 1. The van der Waals surface area contributed by atoms with Crippen LogP contribution in [-0.2, 0) is 11.3 Å². The molecule has 1 fully saturated rings. The molecule has 1 aliphatic heterocycles. The van der Waals surface area contributed by atoms with Gasteiger partial charge in [-0.05, 0) is 5.25 Å². The second-order valence-electron chi connectivity index (χ2n) is 6.38. The topological polar surface area (TPSA) is 74.0 Å². The molecule has 7 heteroatoms. The van der Waals surface area contributed by atoms with Gasteiger partial charge in [-0.3, -0.25) is 9.69 Å². The van der Waals surface area contributed by atoms with Crippen molar-refractivity contribution in [2.75, 3.05) is 26.0 Å². The van der Waals surface area contributed by atoms with Crippen LogP contribution in [0, 0.1) is 5.92 Å². The Balaban J connectivity index is 1.70. The number of hydrogen-bond donors (Lipinski definition) is 2. The van der Waals surface area contributed by atoms with Crippen molar-refractivity contribution in [3.63, 3.8) is 0 Å². The first kappa shape index (κ1) is 16.5. The molecule has 2 aromatic heterocycles. The lowest BCUT2D eigenvalue weighted by Gasteiger charge is -2.17. The Bertz CT molecular complexity index is 711. The van der Waals surface area contributed by atoms with Crippen LogP contribution in [0.25, 0.3) is 11.0 Å². The van der Waals surface area contributed by atoms with Gasteiger partial charge >= 0.3 is 0 Å². The van der Waals surface area contributed by atoms with E-state index in [1.54, 1.807) is 7.11 Å². The maximum absolute atomic E-state index is 11.8. The number of thioether (sulfide) groups is 1. The standard InChI is InChI=1S/C16H24N4O2S/c1-10(2)23-8-12-6-20(7-13(12)22-3)5-11-4-17-15-14(11)18-9-19-16(15)21/h4,9-10,12-13,17H,5-8H2,1-3H3,(H,18,19,21). The molecule has 23 heavy (non-hydrogen) atoms. The van der Waals surface area contributed by atoms with Gasteiger partial charge < -0.3 is 14.7 Å². The van der Waals surface area contributed by atoms with Crippen LogP contribution in [0.5, 0.6) is 0 Å². The van der Waals surface area contributed by atoms with Crippen molar-refractivity contribution < 1.29 is 4.74 Å². The minimum atomic E-state index is -0.122. The molecule has 1 aliphatic rings. The van der Waals surface area contributed by atoms with Crippen molar-refractivity contribution in [3.8, 4) is 0 Å². The quantitative estimate of drug-likeness (QED) is 0.842. The van der Waals surface area contributed by atoms with Crippen molar-refractivity contribution in [1.29, 1.82) is 0 Å². The van der Waals surface area contributed by atoms with Gasteiger partial charge in [-0.15, -0.1) is 0 Å². The maximum atomic E-state index is 11.8. The van der Waals surface area contributed by atoms with Gasteiger partial charge in [0.05, 0.1) is 17.9 Å². The largest absolute Gasteiger partial charge is 0.380 e. The summed E-state index contributed by atoms with van der Waals surface area (Å²) in [7, 11) is 1.80. The summed E-state index contributed by atoms with van der Waals surface area (Å²) >= 11 is 1.99. The molecule has 1 saturated heterocycles. The van der Waals surface area contributed by atoms with E-state index in [9.17, 15) is 4.79 Å². The molecule has 0 spiro atoms. The number of ether oxygens (including phenoxy) is 1. The molecular weight excluding hydrogens is 312 g/mol. The summed E-state index contributed by atoms with van der Waals surface area (Å²) in [5.41, 5.74) is 2.27. The van der Waals surface area contributed by atoms with E-state index >= 15 is 0 Å². The van der Waals surface area contributed by atoms with Crippen LogP contribution in [0.2, 0.25) is 0 Å². The Morgan fingerprint density at radius 3 is 3.00 bits per heavy atom. The number of likely N-dealkylation sites (tertiary alicyclic amines) is 1. The van der Waals surface area contributed by atoms with Crippen molar-refractivity contribution >= 4 is 22.8 Å². The third-order valence-electron chi connectivity index (χ3n) is 4.35. The Hall–Kier alpha value is -1.31. The molecule has 0 aromatic carbocycles. The molecule has 0 saturated carbocycles. The zero-order chi connectivity index (χ0) is 16.4. The summed E-state index contributed by atoms with van der Waals surface area (Å²) in [6.45, 7) is 7.20. The zero-order valence-electron chi connectivity index (χ0n) is 13.8. The lowest BCUT2D eigenvalue weighted by Crippen LogP contribution is -2.23. The highest BCUT2D eigenvalue weighted by atomic mass is 32.2. The molecule has 0 radical (unpaired) electrons. The van der Waals surface area contributed by atoms with Crippen LogP contribution in [0.4, 0.5) is 0 Å².